The van der Waals surface area contributed by atoms with E-state index in [0.717, 1.165) is 0 Å². The molecule has 0 aliphatic carbocycles. The van der Waals surface area contributed by atoms with E-state index in [4.69, 9.17) is 11.6 Å². The molecule has 0 saturated heterocycles. The first-order valence-electron chi connectivity index (χ1n) is 5.35. The standard InChI is InChI=1S/C12H7BrClN3O3/c13-7-4-5-8(10(6-7)17(19)20)16-12(18)9-2-1-3-11(14)15-9/h1-6H,(H,16,18). The van der Waals surface area contributed by atoms with E-state index >= 15 is 0 Å². The number of hydrogen-bond acceptors (Lipinski definition) is 4. The molecule has 6 nitrogen and oxygen atoms in total. The number of nitrogens with one attached hydrogen (secondary N) is 1. The Morgan fingerprint density at radius 2 is 2.10 bits per heavy atom. The van der Waals surface area contributed by atoms with Gasteiger partial charge in [0.05, 0.1) is 4.92 Å². The second-order valence-electron chi connectivity index (χ2n) is 3.72. The first-order valence-corrected chi connectivity index (χ1v) is 6.52. The minimum absolute atomic E-state index is 0.0784. The molecule has 0 unspecified atom stereocenters. The number of anilines is 1. The Labute approximate surface area is 127 Å². The average Bonchev–Trinajstić information content (AvgIpc) is 2.40. The van der Waals surface area contributed by atoms with Crippen molar-refractivity contribution in [3.05, 3.63) is 61.8 Å². The van der Waals surface area contributed by atoms with Gasteiger partial charge in [-0.05, 0) is 24.3 Å². The smallest absolute Gasteiger partial charge is 0.293 e. The largest absolute Gasteiger partial charge is 0.315 e. The number of nitro groups is 1. The maximum atomic E-state index is 12.0. The van der Waals surface area contributed by atoms with Crippen molar-refractivity contribution in [2.45, 2.75) is 0 Å². The molecule has 0 fully saturated rings. The average molecular weight is 357 g/mol. The molecule has 0 radical (unpaired) electrons. The molecule has 0 atom stereocenters. The lowest BCUT2D eigenvalue weighted by molar-refractivity contribution is -0.384. The van der Waals surface area contributed by atoms with Crippen LogP contribution in [0.2, 0.25) is 5.15 Å². The zero-order valence-corrected chi connectivity index (χ0v) is 12.2. The molecule has 0 aliphatic rings. The van der Waals surface area contributed by atoms with Crippen LogP contribution in [0.4, 0.5) is 11.4 Å². The number of rotatable bonds is 3. The first kappa shape index (κ1) is 14.4. The lowest BCUT2D eigenvalue weighted by Crippen LogP contribution is -2.14. The number of hydrogen-bond donors (Lipinski definition) is 1. The highest BCUT2D eigenvalue weighted by molar-refractivity contribution is 9.10. The molecule has 2 rings (SSSR count). The Morgan fingerprint density at radius 1 is 1.35 bits per heavy atom. The molecule has 1 amide bonds. The summed E-state index contributed by atoms with van der Waals surface area (Å²) in [4.78, 5) is 26.2. The number of benzene rings is 1. The topological polar surface area (TPSA) is 85.1 Å². The van der Waals surface area contributed by atoms with Crippen LogP contribution in [-0.4, -0.2) is 15.8 Å². The van der Waals surface area contributed by atoms with Crippen LogP contribution < -0.4 is 5.32 Å². The third-order valence-corrected chi connectivity index (χ3v) is 3.06. The van der Waals surface area contributed by atoms with Crippen LogP contribution in [0.25, 0.3) is 0 Å². The quantitative estimate of drug-likeness (QED) is 0.516. The van der Waals surface area contributed by atoms with Gasteiger partial charge in [-0.25, -0.2) is 4.98 Å². The van der Waals surface area contributed by atoms with Crippen LogP contribution in [0, 0.1) is 10.1 Å². The van der Waals surface area contributed by atoms with Gasteiger partial charge in [-0.2, -0.15) is 0 Å². The van der Waals surface area contributed by atoms with E-state index in [2.05, 4.69) is 26.2 Å². The molecule has 1 aromatic heterocycles. The van der Waals surface area contributed by atoms with Crippen LogP contribution in [0.5, 0.6) is 0 Å². The van der Waals surface area contributed by atoms with Crippen molar-refractivity contribution in [1.29, 1.82) is 0 Å². The van der Waals surface area contributed by atoms with Crippen LogP contribution >= 0.6 is 27.5 Å². The van der Waals surface area contributed by atoms with Gasteiger partial charge in [-0.1, -0.05) is 33.6 Å². The zero-order chi connectivity index (χ0) is 14.7. The molecule has 1 N–H and O–H groups in total. The van der Waals surface area contributed by atoms with Gasteiger partial charge < -0.3 is 5.32 Å². The molecule has 0 spiro atoms. The fourth-order valence-electron chi connectivity index (χ4n) is 1.48. The zero-order valence-electron chi connectivity index (χ0n) is 9.84. The molecule has 0 saturated carbocycles. The van der Waals surface area contributed by atoms with Crippen molar-refractivity contribution in [3.8, 4) is 0 Å². The van der Waals surface area contributed by atoms with E-state index in [1.165, 1.54) is 24.3 Å². The van der Waals surface area contributed by atoms with Crippen molar-refractivity contribution < 1.29 is 9.72 Å². The van der Waals surface area contributed by atoms with E-state index in [1.54, 1.807) is 12.1 Å². The van der Waals surface area contributed by atoms with Gasteiger partial charge in [-0.15, -0.1) is 0 Å². The van der Waals surface area contributed by atoms with E-state index < -0.39 is 10.8 Å². The fourth-order valence-corrected chi connectivity index (χ4v) is 2.00. The predicted molar refractivity (Wildman–Crippen MR) is 78.0 cm³/mol. The molecule has 1 heterocycles. The number of nitro benzene ring substituents is 1. The Balaban J connectivity index is 2.30. The van der Waals surface area contributed by atoms with Gasteiger partial charge in [0.15, 0.2) is 0 Å². The number of aromatic nitrogens is 1. The molecule has 8 heteroatoms. The lowest BCUT2D eigenvalue weighted by atomic mass is 10.2. The van der Waals surface area contributed by atoms with Crippen LogP contribution in [0.1, 0.15) is 10.5 Å². The predicted octanol–water partition coefficient (Wildman–Crippen LogP) is 3.66. The van der Waals surface area contributed by atoms with Crippen molar-refractivity contribution in [2.75, 3.05) is 5.32 Å². The Hall–Kier alpha value is -1.99. The summed E-state index contributed by atoms with van der Waals surface area (Å²) in [6.07, 6.45) is 0. The maximum absolute atomic E-state index is 12.0. The number of nitrogens with zero attached hydrogens (tertiary/aromatic N) is 2. The lowest BCUT2D eigenvalue weighted by Gasteiger charge is -2.06. The summed E-state index contributed by atoms with van der Waals surface area (Å²) < 4.78 is 0.545. The maximum Gasteiger partial charge on any atom is 0.293 e. The molecule has 102 valence electrons. The highest BCUT2D eigenvalue weighted by atomic mass is 79.9. The second kappa shape index (κ2) is 5.98. The Kier molecular flexibility index (Phi) is 4.31. The first-order chi connectivity index (χ1) is 9.47. The Bertz CT molecular complexity index is 693. The van der Waals surface area contributed by atoms with E-state index in [-0.39, 0.29) is 22.2 Å². The molecule has 0 bridgehead atoms. The van der Waals surface area contributed by atoms with Crippen molar-refractivity contribution in [2.24, 2.45) is 0 Å². The van der Waals surface area contributed by atoms with E-state index in [0.29, 0.717) is 4.47 Å². The van der Waals surface area contributed by atoms with E-state index in [9.17, 15) is 14.9 Å². The third kappa shape index (κ3) is 3.31. The molecular weight excluding hydrogens is 350 g/mol. The minimum Gasteiger partial charge on any atom is -0.315 e. The van der Waals surface area contributed by atoms with Crippen molar-refractivity contribution in [1.82, 2.24) is 4.98 Å². The summed E-state index contributed by atoms with van der Waals surface area (Å²) in [5.41, 5.74) is -0.0468. The number of carbonyl (C=O) groups is 1. The molecular formula is C12H7BrClN3O3. The highest BCUT2D eigenvalue weighted by Gasteiger charge is 2.17. The minimum atomic E-state index is -0.578. The summed E-state index contributed by atoms with van der Waals surface area (Å²) in [6.45, 7) is 0. The van der Waals surface area contributed by atoms with Crippen LogP contribution in [-0.2, 0) is 0 Å². The molecule has 20 heavy (non-hydrogen) atoms. The van der Waals surface area contributed by atoms with Crippen molar-refractivity contribution >= 4 is 44.8 Å². The number of pyridine rings is 1. The van der Waals surface area contributed by atoms with E-state index in [1.807, 2.05) is 0 Å². The second-order valence-corrected chi connectivity index (χ2v) is 5.02. The van der Waals surface area contributed by atoms with Gasteiger partial charge in [-0.3, -0.25) is 14.9 Å². The summed E-state index contributed by atoms with van der Waals surface area (Å²) in [5, 5.41) is 13.6. The molecule has 1 aromatic carbocycles. The van der Waals surface area contributed by atoms with Gasteiger partial charge >= 0.3 is 0 Å². The van der Waals surface area contributed by atoms with Crippen LogP contribution in [0.3, 0.4) is 0 Å². The fraction of sp³-hybridized carbons (Fsp3) is 0. The van der Waals surface area contributed by atoms with Gasteiger partial charge in [0, 0.05) is 10.5 Å². The molecule has 2 aromatic rings. The van der Waals surface area contributed by atoms with Gasteiger partial charge in [0.25, 0.3) is 11.6 Å². The molecule has 0 aliphatic heterocycles. The number of amides is 1. The summed E-state index contributed by atoms with van der Waals surface area (Å²) in [7, 11) is 0. The monoisotopic (exact) mass is 355 g/mol. The SMILES string of the molecule is O=C(Nc1ccc(Br)cc1[N+](=O)[O-])c1cccc(Cl)n1. The number of halogens is 2. The van der Waals surface area contributed by atoms with Crippen molar-refractivity contribution in [3.63, 3.8) is 0 Å². The summed E-state index contributed by atoms with van der Waals surface area (Å²) in [5.74, 6) is -0.571. The normalized spacial score (nSPS) is 10.1. The highest BCUT2D eigenvalue weighted by Crippen LogP contribution is 2.28. The Morgan fingerprint density at radius 3 is 2.75 bits per heavy atom. The van der Waals surface area contributed by atoms with Crippen LogP contribution in [0.15, 0.2) is 40.9 Å². The summed E-state index contributed by atoms with van der Waals surface area (Å²) >= 11 is 8.83. The van der Waals surface area contributed by atoms with Gasteiger partial charge in [0.2, 0.25) is 0 Å². The third-order valence-electron chi connectivity index (χ3n) is 2.35. The van der Waals surface area contributed by atoms with Gasteiger partial charge in [0.1, 0.15) is 16.5 Å². The summed E-state index contributed by atoms with van der Waals surface area (Å²) in [6, 6.07) is 8.90. The number of carbonyl (C=O) groups excluding carboxylic acids is 1.